The molecule has 1 aliphatic heterocycles. The highest BCUT2D eigenvalue weighted by Crippen LogP contribution is 2.34. The molecule has 0 unspecified atom stereocenters. The zero-order chi connectivity index (χ0) is 17.6. The van der Waals surface area contributed by atoms with Crippen LogP contribution in [0.3, 0.4) is 0 Å². The quantitative estimate of drug-likeness (QED) is 0.822. The van der Waals surface area contributed by atoms with Gasteiger partial charge in [-0.3, -0.25) is 9.59 Å². The first-order valence-electron chi connectivity index (χ1n) is 7.83. The Bertz CT molecular complexity index is 789. The van der Waals surface area contributed by atoms with Crippen LogP contribution in [0.25, 0.3) is 0 Å². The summed E-state index contributed by atoms with van der Waals surface area (Å²) < 4.78 is 10.9. The minimum absolute atomic E-state index is 0.0324. The monoisotopic (exact) mass is 338 g/mol. The first-order valence-corrected chi connectivity index (χ1v) is 7.83. The normalized spacial score (nSPS) is 12.8. The molecular formula is C19H18N2O4. The summed E-state index contributed by atoms with van der Waals surface area (Å²) in [4.78, 5) is 25.5. The van der Waals surface area contributed by atoms with Gasteiger partial charge in [0.2, 0.25) is 0 Å². The fourth-order valence-electron chi connectivity index (χ4n) is 2.47. The van der Waals surface area contributed by atoms with E-state index < -0.39 is 0 Å². The minimum atomic E-state index is -0.279. The second-order valence-corrected chi connectivity index (χ2v) is 5.41. The van der Waals surface area contributed by atoms with Gasteiger partial charge < -0.3 is 19.7 Å². The molecule has 1 aliphatic rings. The van der Waals surface area contributed by atoms with Gasteiger partial charge in [0, 0.05) is 18.3 Å². The number of amides is 2. The van der Waals surface area contributed by atoms with Gasteiger partial charge in [-0.05, 0) is 24.3 Å². The van der Waals surface area contributed by atoms with Gasteiger partial charge in [-0.1, -0.05) is 24.3 Å². The van der Waals surface area contributed by atoms with Crippen LogP contribution in [0, 0.1) is 0 Å². The van der Waals surface area contributed by atoms with E-state index in [1.807, 2.05) is 18.2 Å². The van der Waals surface area contributed by atoms with Gasteiger partial charge >= 0.3 is 0 Å². The molecule has 0 radical (unpaired) electrons. The topological polar surface area (TPSA) is 67.9 Å². The number of ether oxygens (including phenoxy) is 2. The van der Waals surface area contributed by atoms with Gasteiger partial charge in [0.05, 0.1) is 5.69 Å². The standard InChI is InChI=1S/C19H18N2O4/c1-2-10-21-16-9-8-14(11-17(16)25-13-19(21)23)20-18(22)12-24-15-6-4-3-5-7-15/h2-9,11H,1,10,12-13H2,(H,20,22). The van der Waals surface area contributed by atoms with Crippen LogP contribution in [0.2, 0.25) is 0 Å². The maximum atomic E-state index is 12.0. The van der Waals surface area contributed by atoms with Crippen molar-refractivity contribution in [2.75, 3.05) is 30.0 Å². The van der Waals surface area contributed by atoms with E-state index in [0.717, 1.165) is 0 Å². The number of carbonyl (C=O) groups excluding carboxylic acids is 2. The molecule has 2 amide bonds. The number of benzene rings is 2. The van der Waals surface area contributed by atoms with Crippen molar-refractivity contribution in [3.8, 4) is 11.5 Å². The third-order valence-electron chi connectivity index (χ3n) is 3.61. The largest absolute Gasteiger partial charge is 0.484 e. The minimum Gasteiger partial charge on any atom is -0.484 e. The summed E-state index contributed by atoms with van der Waals surface area (Å²) in [5, 5.41) is 2.75. The van der Waals surface area contributed by atoms with Crippen molar-refractivity contribution in [2.24, 2.45) is 0 Å². The lowest BCUT2D eigenvalue weighted by Gasteiger charge is -2.28. The van der Waals surface area contributed by atoms with Crippen molar-refractivity contribution in [2.45, 2.75) is 0 Å². The van der Waals surface area contributed by atoms with Crippen LogP contribution >= 0.6 is 0 Å². The van der Waals surface area contributed by atoms with Crippen LogP contribution in [0.4, 0.5) is 11.4 Å². The summed E-state index contributed by atoms with van der Waals surface area (Å²) in [6.07, 6.45) is 1.66. The predicted octanol–water partition coefficient (Wildman–Crippen LogP) is 2.62. The van der Waals surface area contributed by atoms with E-state index in [1.54, 1.807) is 41.3 Å². The second kappa shape index (κ2) is 7.53. The average molecular weight is 338 g/mol. The first kappa shape index (κ1) is 16.6. The van der Waals surface area contributed by atoms with Gasteiger partial charge in [0.25, 0.3) is 11.8 Å². The number of hydrogen-bond donors (Lipinski definition) is 1. The Kier molecular flexibility index (Phi) is 4.99. The van der Waals surface area contributed by atoms with E-state index in [4.69, 9.17) is 9.47 Å². The molecule has 0 bridgehead atoms. The molecule has 2 aromatic rings. The molecule has 1 heterocycles. The molecule has 1 N–H and O–H groups in total. The summed E-state index contributed by atoms with van der Waals surface area (Å²) in [6.45, 7) is 3.94. The molecule has 128 valence electrons. The lowest BCUT2D eigenvalue weighted by molar-refractivity contribution is -0.121. The summed E-state index contributed by atoms with van der Waals surface area (Å²) in [6, 6.07) is 14.3. The van der Waals surface area contributed by atoms with Crippen LogP contribution < -0.4 is 19.7 Å². The number of carbonyl (C=O) groups is 2. The number of fused-ring (bicyclic) bond motifs is 1. The lowest BCUT2D eigenvalue weighted by Crippen LogP contribution is -2.38. The molecule has 0 saturated carbocycles. The van der Waals surface area contributed by atoms with E-state index in [0.29, 0.717) is 29.4 Å². The van der Waals surface area contributed by atoms with Gasteiger partial charge in [-0.15, -0.1) is 6.58 Å². The van der Waals surface area contributed by atoms with Crippen molar-refractivity contribution in [3.63, 3.8) is 0 Å². The Hall–Kier alpha value is -3.28. The number of nitrogens with zero attached hydrogens (tertiary/aromatic N) is 1. The van der Waals surface area contributed by atoms with Gasteiger partial charge in [-0.2, -0.15) is 0 Å². The molecule has 2 aromatic carbocycles. The molecule has 0 spiro atoms. The van der Waals surface area contributed by atoms with E-state index in [2.05, 4.69) is 11.9 Å². The highest BCUT2D eigenvalue weighted by atomic mass is 16.5. The van der Waals surface area contributed by atoms with Crippen LogP contribution in [0.5, 0.6) is 11.5 Å². The summed E-state index contributed by atoms with van der Waals surface area (Å²) in [5.74, 6) is 0.771. The Morgan fingerprint density at radius 1 is 1.28 bits per heavy atom. The van der Waals surface area contributed by atoms with Gasteiger partial charge in [0.15, 0.2) is 13.2 Å². The van der Waals surface area contributed by atoms with E-state index >= 15 is 0 Å². The summed E-state index contributed by atoms with van der Waals surface area (Å²) in [7, 11) is 0. The number of nitrogens with one attached hydrogen (secondary N) is 1. The fourth-order valence-corrected chi connectivity index (χ4v) is 2.47. The van der Waals surface area contributed by atoms with Crippen LogP contribution in [-0.2, 0) is 9.59 Å². The Morgan fingerprint density at radius 2 is 2.08 bits per heavy atom. The zero-order valence-corrected chi connectivity index (χ0v) is 13.6. The summed E-state index contributed by atoms with van der Waals surface area (Å²) in [5.41, 5.74) is 1.24. The number of para-hydroxylation sites is 1. The maximum absolute atomic E-state index is 12.0. The van der Waals surface area contributed by atoms with Crippen LogP contribution in [-0.4, -0.2) is 31.6 Å². The lowest BCUT2D eigenvalue weighted by atomic mass is 10.2. The third kappa shape index (κ3) is 3.98. The molecule has 0 aromatic heterocycles. The molecule has 0 saturated heterocycles. The molecule has 25 heavy (non-hydrogen) atoms. The van der Waals surface area contributed by atoms with Gasteiger partial charge in [0.1, 0.15) is 11.5 Å². The average Bonchev–Trinajstić information content (AvgIpc) is 2.63. The molecular weight excluding hydrogens is 320 g/mol. The molecule has 6 heteroatoms. The number of hydrogen-bond acceptors (Lipinski definition) is 4. The predicted molar refractivity (Wildman–Crippen MR) is 95.1 cm³/mol. The second-order valence-electron chi connectivity index (χ2n) is 5.41. The number of rotatable bonds is 6. The maximum Gasteiger partial charge on any atom is 0.265 e. The summed E-state index contributed by atoms with van der Waals surface area (Å²) >= 11 is 0. The molecule has 0 aliphatic carbocycles. The van der Waals surface area contributed by atoms with Crippen LogP contribution in [0.1, 0.15) is 0 Å². The van der Waals surface area contributed by atoms with Crippen molar-refractivity contribution >= 4 is 23.2 Å². The fraction of sp³-hybridized carbons (Fsp3) is 0.158. The van der Waals surface area contributed by atoms with E-state index in [1.165, 1.54) is 0 Å². The highest BCUT2D eigenvalue weighted by molar-refractivity contribution is 5.99. The number of anilines is 2. The smallest absolute Gasteiger partial charge is 0.265 e. The Morgan fingerprint density at radius 3 is 2.84 bits per heavy atom. The molecule has 6 nitrogen and oxygen atoms in total. The SMILES string of the molecule is C=CCN1C(=O)COc2cc(NC(=O)COc3ccccc3)ccc21. The van der Waals surface area contributed by atoms with Crippen LogP contribution in [0.15, 0.2) is 61.2 Å². The van der Waals surface area contributed by atoms with Crippen molar-refractivity contribution in [1.29, 1.82) is 0 Å². The van der Waals surface area contributed by atoms with Crippen molar-refractivity contribution < 1.29 is 19.1 Å². The molecule has 3 rings (SSSR count). The van der Waals surface area contributed by atoms with Crippen molar-refractivity contribution in [3.05, 3.63) is 61.2 Å². The Balaban J connectivity index is 1.65. The highest BCUT2D eigenvalue weighted by Gasteiger charge is 2.24. The molecule has 0 atom stereocenters. The molecule has 0 fully saturated rings. The van der Waals surface area contributed by atoms with E-state index in [-0.39, 0.29) is 25.0 Å². The van der Waals surface area contributed by atoms with Crippen molar-refractivity contribution in [1.82, 2.24) is 0 Å². The first-order chi connectivity index (χ1) is 12.2. The van der Waals surface area contributed by atoms with E-state index in [9.17, 15) is 9.59 Å². The van der Waals surface area contributed by atoms with Gasteiger partial charge in [-0.25, -0.2) is 0 Å². The zero-order valence-electron chi connectivity index (χ0n) is 13.6. The Labute approximate surface area is 145 Å². The third-order valence-corrected chi connectivity index (χ3v) is 3.61.